The molecular weight excluding hydrogens is 180 g/mol. The molecule has 0 aliphatic carbocycles. The number of nitrogens with one attached hydrogen (secondary N) is 1. The summed E-state index contributed by atoms with van der Waals surface area (Å²) in [6.45, 7) is 9.68. The van der Waals surface area contributed by atoms with Crippen LogP contribution in [0.5, 0.6) is 0 Å². The number of amides is 1. The van der Waals surface area contributed by atoms with Gasteiger partial charge in [-0.1, -0.05) is 0 Å². The minimum atomic E-state index is -0.426. The molecule has 4 nitrogen and oxygen atoms in total. The van der Waals surface area contributed by atoms with Crippen LogP contribution >= 0.6 is 0 Å². The van der Waals surface area contributed by atoms with Crippen molar-refractivity contribution in [1.29, 1.82) is 0 Å². The quantitative estimate of drug-likeness (QED) is 0.649. The van der Waals surface area contributed by atoms with Gasteiger partial charge in [0.05, 0.1) is 6.04 Å². The van der Waals surface area contributed by atoms with Gasteiger partial charge >= 0.3 is 6.09 Å². The minimum Gasteiger partial charge on any atom is -0.443 e. The van der Waals surface area contributed by atoms with Crippen molar-refractivity contribution in [2.45, 2.75) is 58.7 Å². The second-order valence-electron chi connectivity index (χ2n) is 4.97. The van der Waals surface area contributed by atoms with Crippen LogP contribution in [-0.2, 0) is 4.74 Å². The molecule has 0 bridgehead atoms. The van der Waals surface area contributed by atoms with Gasteiger partial charge in [0.15, 0.2) is 0 Å². The molecule has 2 atom stereocenters. The fourth-order valence-corrected chi connectivity index (χ4v) is 1.58. The van der Waals surface area contributed by atoms with Gasteiger partial charge in [-0.2, -0.15) is 0 Å². The average molecular weight is 200 g/mol. The van der Waals surface area contributed by atoms with Gasteiger partial charge in [-0.25, -0.2) is 15.2 Å². The van der Waals surface area contributed by atoms with Crippen molar-refractivity contribution in [3.05, 3.63) is 0 Å². The number of ether oxygens (including phenoxy) is 1. The zero-order chi connectivity index (χ0) is 10.9. The Kier molecular flexibility index (Phi) is 3.04. The lowest BCUT2D eigenvalue weighted by molar-refractivity contribution is 0.0131. The van der Waals surface area contributed by atoms with E-state index in [0.29, 0.717) is 6.04 Å². The number of nitrogens with zero attached hydrogens (tertiary/aromatic N) is 1. The molecule has 0 aromatic carbocycles. The Morgan fingerprint density at radius 1 is 1.43 bits per heavy atom. The van der Waals surface area contributed by atoms with Crippen LogP contribution in [0.2, 0.25) is 0 Å². The van der Waals surface area contributed by atoms with Crippen LogP contribution in [0, 0.1) is 0 Å². The zero-order valence-corrected chi connectivity index (χ0v) is 9.63. The van der Waals surface area contributed by atoms with E-state index in [-0.39, 0.29) is 12.1 Å². The summed E-state index contributed by atoms with van der Waals surface area (Å²) in [5.41, 5.74) is 2.66. The molecule has 1 aliphatic rings. The highest BCUT2D eigenvalue weighted by Crippen LogP contribution is 2.17. The normalized spacial score (nSPS) is 27.9. The molecule has 0 spiro atoms. The van der Waals surface area contributed by atoms with Crippen molar-refractivity contribution in [2.75, 3.05) is 0 Å². The van der Waals surface area contributed by atoms with Gasteiger partial charge in [0.2, 0.25) is 0 Å². The van der Waals surface area contributed by atoms with Gasteiger partial charge in [0.1, 0.15) is 5.60 Å². The molecule has 0 aromatic heterocycles. The summed E-state index contributed by atoms with van der Waals surface area (Å²) in [5.74, 6) is 0. The Bertz CT molecular complexity index is 223. The lowest BCUT2D eigenvalue weighted by Gasteiger charge is -2.26. The first kappa shape index (κ1) is 11.3. The van der Waals surface area contributed by atoms with Gasteiger partial charge in [-0.15, -0.1) is 0 Å². The smallest absolute Gasteiger partial charge is 0.425 e. The maximum Gasteiger partial charge on any atom is 0.425 e. The molecule has 14 heavy (non-hydrogen) atoms. The lowest BCUT2D eigenvalue weighted by atomic mass is 10.2. The van der Waals surface area contributed by atoms with E-state index in [1.165, 1.54) is 0 Å². The van der Waals surface area contributed by atoms with Crippen molar-refractivity contribution in [3.8, 4) is 0 Å². The first-order valence-electron chi connectivity index (χ1n) is 5.08. The molecule has 1 fully saturated rings. The van der Waals surface area contributed by atoms with Gasteiger partial charge in [0, 0.05) is 6.04 Å². The highest BCUT2D eigenvalue weighted by atomic mass is 16.6. The fraction of sp³-hybridized carbons (Fsp3) is 0.900. The summed E-state index contributed by atoms with van der Waals surface area (Å²) in [6, 6.07) is 0.553. The molecule has 1 rings (SSSR count). The molecule has 1 saturated heterocycles. The molecular formula is C10H20N2O2. The number of hydrogen-bond acceptors (Lipinski definition) is 3. The molecule has 0 saturated carbocycles. The Balaban J connectivity index is 2.53. The van der Waals surface area contributed by atoms with Crippen LogP contribution in [0.15, 0.2) is 0 Å². The van der Waals surface area contributed by atoms with Crippen LogP contribution in [0.25, 0.3) is 0 Å². The summed E-state index contributed by atoms with van der Waals surface area (Å²) in [6.07, 6.45) is 0.688. The molecule has 1 amide bonds. The van der Waals surface area contributed by atoms with Gasteiger partial charge < -0.3 is 4.74 Å². The van der Waals surface area contributed by atoms with Crippen molar-refractivity contribution in [1.82, 2.24) is 10.4 Å². The largest absolute Gasteiger partial charge is 0.443 e. The van der Waals surface area contributed by atoms with Crippen molar-refractivity contribution in [2.24, 2.45) is 0 Å². The Labute approximate surface area is 85.6 Å². The Morgan fingerprint density at radius 3 is 2.36 bits per heavy atom. The monoisotopic (exact) mass is 200 g/mol. The SMILES string of the molecule is CC1CC(C)N(C(=O)OC(C)(C)C)N1. The molecule has 82 valence electrons. The van der Waals surface area contributed by atoms with E-state index in [9.17, 15) is 4.79 Å². The molecule has 0 aromatic rings. The maximum atomic E-state index is 11.7. The first-order valence-corrected chi connectivity index (χ1v) is 5.08. The topological polar surface area (TPSA) is 41.6 Å². The van der Waals surface area contributed by atoms with E-state index in [0.717, 1.165) is 6.42 Å². The number of carbonyl (C=O) groups excluding carboxylic acids is 1. The van der Waals surface area contributed by atoms with Crippen LogP contribution in [0.3, 0.4) is 0 Å². The van der Waals surface area contributed by atoms with E-state index in [2.05, 4.69) is 12.3 Å². The second-order valence-corrected chi connectivity index (χ2v) is 4.97. The van der Waals surface area contributed by atoms with E-state index in [1.807, 2.05) is 27.7 Å². The summed E-state index contributed by atoms with van der Waals surface area (Å²) < 4.78 is 5.26. The summed E-state index contributed by atoms with van der Waals surface area (Å²) in [4.78, 5) is 11.7. The lowest BCUT2D eigenvalue weighted by Crippen LogP contribution is -2.45. The van der Waals surface area contributed by atoms with Crippen LogP contribution in [-0.4, -0.2) is 28.8 Å². The highest BCUT2D eigenvalue weighted by molar-refractivity contribution is 5.68. The van der Waals surface area contributed by atoms with E-state index in [1.54, 1.807) is 5.01 Å². The van der Waals surface area contributed by atoms with Crippen molar-refractivity contribution >= 4 is 6.09 Å². The standard InChI is InChI=1S/C10H20N2O2/c1-7-6-8(2)12(11-7)9(13)14-10(3,4)5/h7-8,11H,6H2,1-5H3. The third kappa shape index (κ3) is 2.87. The van der Waals surface area contributed by atoms with Crippen molar-refractivity contribution in [3.63, 3.8) is 0 Å². The van der Waals surface area contributed by atoms with E-state index < -0.39 is 5.60 Å². The summed E-state index contributed by atoms with van der Waals surface area (Å²) >= 11 is 0. The predicted octanol–water partition coefficient (Wildman–Crippen LogP) is 1.91. The van der Waals surface area contributed by atoms with Gasteiger partial charge in [-0.05, 0) is 41.0 Å². The van der Waals surface area contributed by atoms with E-state index in [4.69, 9.17) is 4.74 Å². The fourth-order valence-electron chi connectivity index (χ4n) is 1.58. The Hall–Kier alpha value is -0.770. The molecule has 1 heterocycles. The average Bonchev–Trinajstić information content (AvgIpc) is 2.26. The predicted molar refractivity (Wildman–Crippen MR) is 54.7 cm³/mol. The highest BCUT2D eigenvalue weighted by Gasteiger charge is 2.32. The second kappa shape index (κ2) is 3.77. The number of carbonyl (C=O) groups is 1. The Morgan fingerprint density at radius 2 is 2.00 bits per heavy atom. The molecule has 0 radical (unpaired) electrons. The van der Waals surface area contributed by atoms with Crippen molar-refractivity contribution < 1.29 is 9.53 Å². The van der Waals surface area contributed by atoms with Crippen LogP contribution in [0.4, 0.5) is 4.79 Å². The van der Waals surface area contributed by atoms with Gasteiger partial charge in [-0.3, -0.25) is 0 Å². The van der Waals surface area contributed by atoms with Crippen LogP contribution in [0.1, 0.15) is 41.0 Å². The molecule has 4 heteroatoms. The zero-order valence-electron chi connectivity index (χ0n) is 9.63. The first-order chi connectivity index (χ1) is 6.29. The molecule has 2 unspecified atom stereocenters. The van der Waals surface area contributed by atoms with Gasteiger partial charge in [0.25, 0.3) is 0 Å². The number of rotatable bonds is 0. The van der Waals surface area contributed by atoms with Crippen LogP contribution < -0.4 is 5.43 Å². The number of hydrogen-bond donors (Lipinski definition) is 1. The summed E-state index contributed by atoms with van der Waals surface area (Å²) in [7, 11) is 0. The third-order valence-electron chi connectivity index (χ3n) is 2.09. The summed E-state index contributed by atoms with van der Waals surface area (Å²) in [5, 5.41) is 1.58. The third-order valence-corrected chi connectivity index (χ3v) is 2.09. The number of hydrazine groups is 1. The molecule has 1 aliphatic heterocycles. The van der Waals surface area contributed by atoms with E-state index >= 15 is 0 Å². The maximum absolute atomic E-state index is 11.7. The molecule has 1 N–H and O–H groups in total. The minimum absolute atomic E-state index is 0.208.